The molecule has 0 radical (unpaired) electrons. The molecule has 1 heterocycles. The largest absolute Gasteiger partial charge is 0.396 e. The minimum atomic E-state index is -3.37. The molecule has 0 amide bonds. The molecule has 0 aliphatic carbocycles. The minimum Gasteiger partial charge on any atom is -0.396 e. The van der Waals surface area contributed by atoms with Crippen LogP contribution < -0.4 is 4.72 Å². The van der Waals surface area contributed by atoms with Gasteiger partial charge in [-0.1, -0.05) is 0 Å². The van der Waals surface area contributed by atoms with Crippen molar-refractivity contribution in [1.82, 2.24) is 9.78 Å². The SMILES string of the molecule is CC(C)n1cc(NS(=O)(=O)CCCO)cn1. The topological polar surface area (TPSA) is 84.2 Å². The third-order valence-corrected chi connectivity index (χ3v) is 3.35. The fourth-order valence-corrected chi connectivity index (χ4v) is 2.23. The van der Waals surface area contributed by atoms with Gasteiger partial charge in [-0.25, -0.2) is 8.42 Å². The predicted octanol–water partition coefficient (Wildman–Crippen LogP) is 0.588. The molecular formula is C9H17N3O3S. The molecule has 16 heavy (non-hydrogen) atoms. The zero-order valence-electron chi connectivity index (χ0n) is 9.42. The van der Waals surface area contributed by atoms with E-state index in [2.05, 4.69) is 9.82 Å². The first-order chi connectivity index (χ1) is 7.44. The number of aromatic nitrogens is 2. The second-order valence-corrected chi connectivity index (χ2v) is 5.64. The van der Waals surface area contributed by atoms with Crippen molar-refractivity contribution in [3.05, 3.63) is 12.4 Å². The van der Waals surface area contributed by atoms with Crippen LogP contribution in [0.5, 0.6) is 0 Å². The summed E-state index contributed by atoms with van der Waals surface area (Å²) in [5.41, 5.74) is 0.451. The van der Waals surface area contributed by atoms with E-state index in [1.165, 1.54) is 6.20 Å². The summed E-state index contributed by atoms with van der Waals surface area (Å²) in [4.78, 5) is 0. The van der Waals surface area contributed by atoms with Gasteiger partial charge in [0.25, 0.3) is 0 Å². The van der Waals surface area contributed by atoms with Crippen LogP contribution in [0.2, 0.25) is 0 Å². The lowest BCUT2D eigenvalue weighted by Gasteiger charge is -2.05. The maximum Gasteiger partial charge on any atom is 0.232 e. The van der Waals surface area contributed by atoms with E-state index in [9.17, 15) is 8.42 Å². The number of aliphatic hydroxyl groups is 1. The van der Waals surface area contributed by atoms with Crippen LogP contribution >= 0.6 is 0 Å². The standard InChI is InChI=1S/C9H17N3O3S/c1-8(2)12-7-9(6-10-12)11-16(14,15)5-3-4-13/h6-8,11,13H,3-5H2,1-2H3. The van der Waals surface area contributed by atoms with Gasteiger partial charge < -0.3 is 5.11 Å². The lowest BCUT2D eigenvalue weighted by Crippen LogP contribution is -2.17. The molecule has 92 valence electrons. The minimum absolute atomic E-state index is 0.0869. The van der Waals surface area contributed by atoms with E-state index in [4.69, 9.17) is 5.11 Å². The Balaban J connectivity index is 2.65. The molecule has 2 N–H and O–H groups in total. The normalized spacial score (nSPS) is 12.0. The molecule has 6 nitrogen and oxygen atoms in total. The highest BCUT2D eigenvalue weighted by Gasteiger charge is 2.11. The molecule has 0 fully saturated rings. The third kappa shape index (κ3) is 3.82. The number of anilines is 1. The Bertz CT molecular complexity index is 425. The summed E-state index contributed by atoms with van der Waals surface area (Å²) in [6, 6.07) is 0.190. The Kier molecular flexibility index (Phi) is 4.31. The Hall–Kier alpha value is -1.08. The maximum atomic E-state index is 11.5. The van der Waals surface area contributed by atoms with Crippen LogP contribution in [-0.2, 0) is 10.0 Å². The van der Waals surface area contributed by atoms with Gasteiger partial charge in [0.15, 0.2) is 0 Å². The summed E-state index contributed by atoms with van der Waals surface area (Å²) in [5.74, 6) is -0.0869. The van der Waals surface area contributed by atoms with Crippen molar-refractivity contribution < 1.29 is 13.5 Å². The first-order valence-corrected chi connectivity index (χ1v) is 6.75. The average Bonchev–Trinajstić information content (AvgIpc) is 2.62. The summed E-state index contributed by atoms with van der Waals surface area (Å²) < 4.78 is 27.0. The fourth-order valence-electron chi connectivity index (χ4n) is 1.16. The molecule has 1 aromatic rings. The molecule has 1 rings (SSSR count). The average molecular weight is 247 g/mol. The van der Waals surface area contributed by atoms with Gasteiger partial charge in [-0.2, -0.15) is 5.10 Å². The second-order valence-electron chi connectivity index (χ2n) is 3.80. The Morgan fingerprint density at radius 3 is 2.75 bits per heavy atom. The van der Waals surface area contributed by atoms with Gasteiger partial charge in [0.2, 0.25) is 10.0 Å². The Morgan fingerprint density at radius 1 is 1.56 bits per heavy atom. The molecule has 0 spiro atoms. The highest BCUT2D eigenvalue weighted by atomic mass is 32.2. The van der Waals surface area contributed by atoms with Gasteiger partial charge in [-0.05, 0) is 20.3 Å². The van der Waals surface area contributed by atoms with E-state index in [1.807, 2.05) is 13.8 Å². The van der Waals surface area contributed by atoms with E-state index in [1.54, 1.807) is 10.9 Å². The number of hydrogen-bond donors (Lipinski definition) is 2. The molecule has 0 bridgehead atoms. The summed E-state index contributed by atoms with van der Waals surface area (Å²) in [6.45, 7) is 3.78. The highest BCUT2D eigenvalue weighted by Crippen LogP contribution is 2.11. The van der Waals surface area contributed by atoms with Crippen LogP contribution in [0.25, 0.3) is 0 Å². The van der Waals surface area contributed by atoms with E-state index in [-0.39, 0.29) is 24.8 Å². The van der Waals surface area contributed by atoms with Gasteiger partial charge in [-0.3, -0.25) is 9.40 Å². The van der Waals surface area contributed by atoms with Crippen LogP contribution in [-0.4, -0.2) is 35.7 Å². The van der Waals surface area contributed by atoms with Gasteiger partial charge in [0.1, 0.15) is 0 Å². The summed E-state index contributed by atoms with van der Waals surface area (Å²) in [6.07, 6.45) is 3.34. The number of hydrogen-bond acceptors (Lipinski definition) is 4. The molecular weight excluding hydrogens is 230 g/mol. The quantitative estimate of drug-likeness (QED) is 0.770. The molecule has 0 aliphatic rings. The molecule has 1 aromatic heterocycles. The van der Waals surface area contributed by atoms with Crippen molar-refractivity contribution >= 4 is 15.7 Å². The molecule has 0 aromatic carbocycles. The van der Waals surface area contributed by atoms with Gasteiger partial charge in [0, 0.05) is 18.8 Å². The maximum absolute atomic E-state index is 11.5. The Morgan fingerprint density at radius 2 is 2.25 bits per heavy atom. The molecule has 7 heteroatoms. The predicted molar refractivity (Wildman–Crippen MR) is 61.7 cm³/mol. The van der Waals surface area contributed by atoms with Crippen LogP contribution in [0.1, 0.15) is 26.3 Å². The molecule has 0 atom stereocenters. The van der Waals surface area contributed by atoms with Crippen molar-refractivity contribution in [3.8, 4) is 0 Å². The van der Waals surface area contributed by atoms with Crippen LogP contribution in [0.3, 0.4) is 0 Å². The van der Waals surface area contributed by atoms with Crippen LogP contribution in [0, 0.1) is 0 Å². The van der Waals surface area contributed by atoms with Crippen molar-refractivity contribution in [2.24, 2.45) is 0 Å². The van der Waals surface area contributed by atoms with Crippen molar-refractivity contribution in [2.75, 3.05) is 17.1 Å². The van der Waals surface area contributed by atoms with E-state index in [0.717, 1.165) is 0 Å². The van der Waals surface area contributed by atoms with Crippen molar-refractivity contribution in [1.29, 1.82) is 0 Å². The third-order valence-electron chi connectivity index (χ3n) is 1.98. The first-order valence-electron chi connectivity index (χ1n) is 5.10. The second kappa shape index (κ2) is 5.31. The zero-order valence-corrected chi connectivity index (χ0v) is 10.2. The van der Waals surface area contributed by atoms with Crippen LogP contribution in [0.15, 0.2) is 12.4 Å². The lowest BCUT2D eigenvalue weighted by molar-refractivity contribution is 0.295. The van der Waals surface area contributed by atoms with Crippen LogP contribution in [0.4, 0.5) is 5.69 Å². The Labute approximate surface area is 95.3 Å². The van der Waals surface area contributed by atoms with Gasteiger partial charge >= 0.3 is 0 Å². The lowest BCUT2D eigenvalue weighted by atomic mass is 10.4. The first kappa shape index (κ1) is 13.0. The summed E-state index contributed by atoms with van der Waals surface area (Å²) >= 11 is 0. The molecule has 0 saturated carbocycles. The highest BCUT2D eigenvalue weighted by molar-refractivity contribution is 7.92. The van der Waals surface area contributed by atoms with Crippen molar-refractivity contribution in [3.63, 3.8) is 0 Å². The number of rotatable bonds is 6. The summed E-state index contributed by atoms with van der Waals surface area (Å²) in [5, 5.41) is 12.6. The van der Waals surface area contributed by atoms with Gasteiger partial charge in [0.05, 0.1) is 17.6 Å². The number of sulfonamides is 1. The zero-order chi connectivity index (χ0) is 12.2. The van der Waals surface area contributed by atoms with E-state index in [0.29, 0.717) is 5.69 Å². The molecule has 0 saturated heterocycles. The number of aliphatic hydroxyl groups excluding tert-OH is 1. The number of nitrogens with zero attached hydrogens (tertiary/aromatic N) is 2. The monoisotopic (exact) mass is 247 g/mol. The van der Waals surface area contributed by atoms with E-state index < -0.39 is 10.0 Å². The number of nitrogens with one attached hydrogen (secondary N) is 1. The molecule has 0 unspecified atom stereocenters. The summed E-state index contributed by atoms with van der Waals surface area (Å²) in [7, 11) is -3.37. The fraction of sp³-hybridized carbons (Fsp3) is 0.667. The van der Waals surface area contributed by atoms with Crippen molar-refractivity contribution in [2.45, 2.75) is 26.3 Å². The smallest absolute Gasteiger partial charge is 0.232 e. The molecule has 0 aliphatic heterocycles. The van der Waals surface area contributed by atoms with Gasteiger partial charge in [-0.15, -0.1) is 0 Å². The van der Waals surface area contributed by atoms with E-state index >= 15 is 0 Å².